The van der Waals surface area contributed by atoms with Crippen LogP contribution in [0, 0.1) is 5.92 Å². The van der Waals surface area contributed by atoms with Gasteiger partial charge in [-0.3, -0.25) is 0 Å². The van der Waals surface area contributed by atoms with E-state index in [1.165, 1.54) is 12.0 Å². The highest BCUT2D eigenvalue weighted by Gasteiger charge is 2.17. The molecule has 0 saturated carbocycles. The van der Waals surface area contributed by atoms with Gasteiger partial charge in [0, 0.05) is 5.25 Å². The molecule has 0 heterocycles. The second-order valence-corrected chi connectivity index (χ2v) is 3.31. The zero-order valence-corrected chi connectivity index (χ0v) is 8.28. The summed E-state index contributed by atoms with van der Waals surface area (Å²) in [6.45, 7) is 8.39. The third kappa shape index (κ3) is 2.78. The monoisotopic (exact) mass is 158 g/mol. The van der Waals surface area contributed by atoms with Gasteiger partial charge in [-0.05, 0) is 19.3 Å². The number of hydrogen-bond acceptors (Lipinski definition) is 1. The van der Waals surface area contributed by atoms with E-state index in [1.54, 1.807) is 0 Å². The molecule has 0 aliphatic heterocycles. The molecule has 0 amide bonds. The SMILES string of the molecule is CC.CC1=CC(C)C(S)C1. The van der Waals surface area contributed by atoms with Crippen molar-refractivity contribution >= 4 is 12.6 Å². The van der Waals surface area contributed by atoms with E-state index in [-0.39, 0.29) is 0 Å². The molecule has 1 aliphatic carbocycles. The average Bonchev–Trinajstić information content (AvgIpc) is 2.16. The predicted octanol–water partition coefficient (Wildman–Crippen LogP) is 3.30. The molecule has 10 heavy (non-hydrogen) atoms. The van der Waals surface area contributed by atoms with Crippen LogP contribution in [-0.4, -0.2) is 5.25 Å². The lowest BCUT2D eigenvalue weighted by atomic mass is 10.2. The van der Waals surface area contributed by atoms with Crippen LogP contribution in [0.4, 0.5) is 0 Å². The van der Waals surface area contributed by atoms with E-state index in [1.807, 2.05) is 13.8 Å². The van der Waals surface area contributed by atoms with Crippen LogP contribution in [0.25, 0.3) is 0 Å². The Morgan fingerprint density at radius 2 is 2.00 bits per heavy atom. The molecule has 0 fully saturated rings. The van der Waals surface area contributed by atoms with Gasteiger partial charge in [0.25, 0.3) is 0 Å². The summed E-state index contributed by atoms with van der Waals surface area (Å²) >= 11 is 4.39. The van der Waals surface area contributed by atoms with Crippen molar-refractivity contribution < 1.29 is 0 Å². The molecule has 0 N–H and O–H groups in total. The van der Waals surface area contributed by atoms with Crippen LogP contribution < -0.4 is 0 Å². The largest absolute Gasteiger partial charge is 0.175 e. The van der Waals surface area contributed by atoms with E-state index in [0.717, 1.165) is 0 Å². The van der Waals surface area contributed by atoms with Crippen molar-refractivity contribution in [2.75, 3.05) is 0 Å². The Morgan fingerprint density at radius 1 is 1.50 bits per heavy atom. The van der Waals surface area contributed by atoms with Crippen LogP contribution in [0.2, 0.25) is 0 Å². The fourth-order valence-electron chi connectivity index (χ4n) is 1.14. The van der Waals surface area contributed by atoms with Gasteiger partial charge in [0.2, 0.25) is 0 Å². The Bertz CT molecular complexity index is 116. The lowest BCUT2D eigenvalue weighted by Gasteiger charge is -2.04. The topological polar surface area (TPSA) is 0 Å². The Labute approximate surface area is 70.1 Å². The summed E-state index contributed by atoms with van der Waals surface area (Å²) in [7, 11) is 0. The summed E-state index contributed by atoms with van der Waals surface area (Å²) in [4.78, 5) is 0. The fourth-order valence-corrected chi connectivity index (χ4v) is 1.52. The summed E-state index contributed by atoms with van der Waals surface area (Å²) in [5, 5.41) is 0.593. The van der Waals surface area contributed by atoms with Gasteiger partial charge in [-0.25, -0.2) is 0 Å². The second kappa shape index (κ2) is 4.84. The third-order valence-corrected chi connectivity index (χ3v) is 2.34. The van der Waals surface area contributed by atoms with E-state index < -0.39 is 0 Å². The molecule has 0 bridgehead atoms. The minimum atomic E-state index is 0.593. The number of thiol groups is 1. The highest BCUT2D eigenvalue weighted by molar-refractivity contribution is 7.81. The molecule has 0 nitrogen and oxygen atoms in total. The molecule has 0 aromatic heterocycles. The highest BCUT2D eigenvalue weighted by atomic mass is 32.1. The maximum atomic E-state index is 4.39. The number of allylic oxidation sites excluding steroid dienone is 2. The van der Waals surface area contributed by atoms with Crippen molar-refractivity contribution in [3.63, 3.8) is 0 Å². The van der Waals surface area contributed by atoms with Gasteiger partial charge in [-0.1, -0.05) is 32.4 Å². The minimum Gasteiger partial charge on any atom is -0.175 e. The van der Waals surface area contributed by atoms with E-state index in [4.69, 9.17) is 0 Å². The van der Waals surface area contributed by atoms with E-state index >= 15 is 0 Å². The zero-order valence-electron chi connectivity index (χ0n) is 7.39. The standard InChI is InChI=1S/C7H12S.C2H6/c1-5-3-6(2)7(8)4-5;1-2/h3,6-8H,4H2,1-2H3;1-2H3. The van der Waals surface area contributed by atoms with Crippen molar-refractivity contribution in [3.05, 3.63) is 11.6 Å². The predicted molar refractivity (Wildman–Crippen MR) is 51.7 cm³/mol. The van der Waals surface area contributed by atoms with Gasteiger partial charge in [-0.2, -0.15) is 12.6 Å². The first-order valence-electron chi connectivity index (χ1n) is 4.05. The van der Waals surface area contributed by atoms with Crippen molar-refractivity contribution in [1.82, 2.24) is 0 Å². The maximum Gasteiger partial charge on any atom is 0.0114 e. The first-order valence-corrected chi connectivity index (χ1v) is 4.57. The molecule has 1 aliphatic rings. The van der Waals surface area contributed by atoms with Gasteiger partial charge in [0.05, 0.1) is 0 Å². The van der Waals surface area contributed by atoms with E-state index in [2.05, 4.69) is 32.6 Å². The number of rotatable bonds is 0. The molecule has 0 spiro atoms. The fraction of sp³-hybridized carbons (Fsp3) is 0.778. The maximum absolute atomic E-state index is 4.39. The summed E-state index contributed by atoms with van der Waals surface area (Å²) < 4.78 is 0. The van der Waals surface area contributed by atoms with Gasteiger partial charge in [0.15, 0.2) is 0 Å². The van der Waals surface area contributed by atoms with Gasteiger partial charge < -0.3 is 0 Å². The number of hydrogen-bond donors (Lipinski definition) is 1. The Morgan fingerprint density at radius 3 is 2.10 bits per heavy atom. The summed E-state index contributed by atoms with van der Waals surface area (Å²) in [6, 6.07) is 0. The minimum absolute atomic E-state index is 0.593. The van der Waals surface area contributed by atoms with E-state index in [0.29, 0.717) is 11.2 Å². The van der Waals surface area contributed by atoms with Crippen LogP contribution in [0.1, 0.15) is 34.1 Å². The Kier molecular flexibility index (Phi) is 4.88. The molecule has 0 aromatic rings. The lowest BCUT2D eigenvalue weighted by molar-refractivity contribution is 0.722. The summed E-state index contributed by atoms with van der Waals surface area (Å²) in [5.74, 6) is 0.693. The van der Waals surface area contributed by atoms with Crippen molar-refractivity contribution in [2.24, 2.45) is 5.92 Å². The molecule has 1 rings (SSSR count). The summed E-state index contributed by atoms with van der Waals surface area (Å²) in [6.07, 6.45) is 3.49. The molecule has 1 heteroatoms. The van der Waals surface area contributed by atoms with Crippen LogP contribution in [-0.2, 0) is 0 Å². The molecule has 2 atom stereocenters. The van der Waals surface area contributed by atoms with Crippen LogP contribution >= 0.6 is 12.6 Å². The molecule has 0 aromatic carbocycles. The van der Waals surface area contributed by atoms with Crippen molar-refractivity contribution in [2.45, 2.75) is 39.4 Å². The van der Waals surface area contributed by atoms with Crippen LogP contribution in [0.15, 0.2) is 11.6 Å². The molecule has 2 unspecified atom stereocenters. The van der Waals surface area contributed by atoms with Crippen molar-refractivity contribution in [3.8, 4) is 0 Å². The first kappa shape index (κ1) is 10.1. The Hall–Kier alpha value is 0.0900. The lowest BCUT2D eigenvalue weighted by Crippen LogP contribution is -2.00. The summed E-state index contributed by atoms with van der Waals surface area (Å²) in [5.41, 5.74) is 1.50. The Balaban J connectivity index is 0.000000371. The first-order chi connectivity index (χ1) is 4.70. The van der Waals surface area contributed by atoms with Crippen LogP contribution in [0.5, 0.6) is 0 Å². The third-order valence-electron chi connectivity index (χ3n) is 1.69. The normalized spacial score (nSPS) is 30.7. The highest BCUT2D eigenvalue weighted by Crippen LogP contribution is 2.27. The van der Waals surface area contributed by atoms with Crippen molar-refractivity contribution in [1.29, 1.82) is 0 Å². The quantitative estimate of drug-likeness (QED) is 0.406. The molecular weight excluding hydrogens is 140 g/mol. The van der Waals surface area contributed by atoms with Gasteiger partial charge >= 0.3 is 0 Å². The molecule has 0 saturated heterocycles. The molecule has 60 valence electrons. The van der Waals surface area contributed by atoms with E-state index in [9.17, 15) is 0 Å². The molecular formula is C9H18S. The average molecular weight is 158 g/mol. The van der Waals surface area contributed by atoms with Gasteiger partial charge in [-0.15, -0.1) is 0 Å². The smallest absolute Gasteiger partial charge is 0.0114 e. The second-order valence-electron chi connectivity index (χ2n) is 2.64. The van der Waals surface area contributed by atoms with Gasteiger partial charge in [0.1, 0.15) is 0 Å². The molecule has 0 radical (unpaired) electrons. The zero-order chi connectivity index (χ0) is 8.15. The van der Waals surface area contributed by atoms with Crippen LogP contribution in [0.3, 0.4) is 0 Å².